The molecule has 2 atom stereocenters. The van der Waals surface area contributed by atoms with Gasteiger partial charge < -0.3 is 5.32 Å². The Morgan fingerprint density at radius 1 is 1.44 bits per heavy atom. The highest BCUT2D eigenvalue weighted by Crippen LogP contribution is 2.23. The second kappa shape index (κ2) is 5.41. The molecule has 1 N–H and O–H groups in total. The fourth-order valence-corrected chi connectivity index (χ4v) is 2.20. The molecule has 1 rings (SSSR count). The normalized spacial score (nSPS) is 28.3. The standard InChI is InChI=1S/C12H24F2N2/c1-5-9(2)10-6-16(7-11(13)14)12(3,4)8-15-10/h9-11,15H,5-8H2,1-4H3. The minimum Gasteiger partial charge on any atom is -0.311 e. The van der Waals surface area contributed by atoms with Gasteiger partial charge in [0.05, 0.1) is 6.54 Å². The van der Waals surface area contributed by atoms with E-state index in [2.05, 4.69) is 19.2 Å². The van der Waals surface area contributed by atoms with Crippen LogP contribution in [0, 0.1) is 5.92 Å². The van der Waals surface area contributed by atoms with Gasteiger partial charge in [-0.15, -0.1) is 0 Å². The molecule has 1 saturated heterocycles. The SMILES string of the molecule is CCC(C)C1CN(CC(F)F)C(C)(C)CN1. The van der Waals surface area contributed by atoms with E-state index in [9.17, 15) is 8.78 Å². The van der Waals surface area contributed by atoms with Crippen molar-refractivity contribution in [3.05, 3.63) is 0 Å². The molecule has 16 heavy (non-hydrogen) atoms. The predicted octanol–water partition coefficient (Wildman–Crippen LogP) is 2.35. The highest BCUT2D eigenvalue weighted by atomic mass is 19.3. The van der Waals surface area contributed by atoms with Gasteiger partial charge in [0.1, 0.15) is 0 Å². The number of hydrogen-bond donors (Lipinski definition) is 1. The summed E-state index contributed by atoms with van der Waals surface area (Å²) in [6.07, 6.45) is -1.16. The van der Waals surface area contributed by atoms with E-state index in [1.807, 2.05) is 18.7 Å². The number of halogens is 2. The number of nitrogens with zero attached hydrogens (tertiary/aromatic N) is 1. The Balaban J connectivity index is 2.62. The summed E-state index contributed by atoms with van der Waals surface area (Å²) >= 11 is 0. The van der Waals surface area contributed by atoms with Crippen molar-refractivity contribution >= 4 is 0 Å². The maximum absolute atomic E-state index is 12.5. The minimum absolute atomic E-state index is 0.110. The molecule has 0 aromatic carbocycles. The third kappa shape index (κ3) is 3.39. The summed E-state index contributed by atoms with van der Waals surface area (Å²) in [6.45, 7) is 9.77. The molecule has 4 heteroatoms. The summed E-state index contributed by atoms with van der Waals surface area (Å²) in [5.41, 5.74) is -0.166. The van der Waals surface area contributed by atoms with Crippen LogP contribution in [0.25, 0.3) is 0 Å². The Morgan fingerprint density at radius 3 is 2.56 bits per heavy atom. The van der Waals surface area contributed by atoms with Crippen molar-refractivity contribution in [1.82, 2.24) is 10.2 Å². The smallest absolute Gasteiger partial charge is 0.251 e. The summed E-state index contributed by atoms with van der Waals surface area (Å²) in [5, 5.41) is 3.48. The molecule has 0 saturated carbocycles. The fraction of sp³-hybridized carbons (Fsp3) is 1.00. The lowest BCUT2D eigenvalue weighted by Crippen LogP contribution is -2.64. The van der Waals surface area contributed by atoms with Crippen LogP contribution >= 0.6 is 0 Å². The largest absolute Gasteiger partial charge is 0.311 e. The second-order valence-corrected chi connectivity index (χ2v) is 5.48. The second-order valence-electron chi connectivity index (χ2n) is 5.48. The summed E-state index contributed by atoms with van der Waals surface area (Å²) in [5.74, 6) is 0.538. The first-order chi connectivity index (χ1) is 7.36. The van der Waals surface area contributed by atoms with Crippen molar-refractivity contribution < 1.29 is 8.78 Å². The van der Waals surface area contributed by atoms with E-state index in [1.54, 1.807) is 0 Å². The molecule has 0 spiro atoms. The molecule has 1 aliphatic heterocycles. The van der Waals surface area contributed by atoms with Crippen molar-refractivity contribution in [1.29, 1.82) is 0 Å². The van der Waals surface area contributed by atoms with Crippen LogP contribution in [0.15, 0.2) is 0 Å². The van der Waals surface area contributed by atoms with Crippen molar-refractivity contribution in [3.63, 3.8) is 0 Å². The highest BCUT2D eigenvalue weighted by Gasteiger charge is 2.36. The molecule has 0 amide bonds. The Hall–Kier alpha value is -0.220. The number of hydrogen-bond acceptors (Lipinski definition) is 2. The first-order valence-electron chi connectivity index (χ1n) is 6.13. The lowest BCUT2D eigenvalue weighted by molar-refractivity contribution is -0.000325. The van der Waals surface area contributed by atoms with Gasteiger partial charge in [-0.25, -0.2) is 8.78 Å². The Labute approximate surface area is 97.4 Å². The van der Waals surface area contributed by atoms with Gasteiger partial charge in [-0.1, -0.05) is 20.3 Å². The molecule has 2 unspecified atom stereocenters. The van der Waals surface area contributed by atoms with E-state index in [0.717, 1.165) is 19.5 Å². The van der Waals surface area contributed by atoms with E-state index < -0.39 is 6.43 Å². The zero-order valence-electron chi connectivity index (χ0n) is 10.8. The Kier molecular flexibility index (Phi) is 4.68. The number of piperazine rings is 1. The van der Waals surface area contributed by atoms with Crippen molar-refractivity contribution in [2.75, 3.05) is 19.6 Å². The predicted molar refractivity (Wildman–Crippen MR) is 62.9 cm³/mol. The van der Waals surface area contributed by atoms with Gasteiger partial charge in [-0.05, 0) is 19.8 Å². The van der Waals surface area contributed by atoms with Gasteiger partial charge in [-0.2, -0.15) is 0 Å². The van der Waals surface area contributed by atoms with Crippen LogP contribution in [-0.2, 0) is 0 Å². The molecule has 0 radical (unpaired) electrons. The van der Waals surface area contributed by atoms with E-state index >= 15 is 0 Å². The number of rotatable bonds is 4. The number of nitrogens with one attached hydrogen (secondary N) is 1. The van der Waals surface area contributed by atoms with Crippen LogP contribution in [0.2, 0.25) is 0 Å². The first kappa shape index (κ1) is 13.8. The molecule has 0 bridgehead atoms. The maximum Gasteiger partial charge on any atom is 0.251 e. The van der Waals surface area contributed by atoms with Crippen molar-refractivity contribution in [2.45, 2.75) is 52.1 Å². The molecular weight excluding hydrogens is 210 g/mol. The molecule has 1 aliphatic rings. The van der Waals surface area contributed by atoms with Crippen LogP contribution in [-0.4, -0.2) is 42.5 Å². The zero-order chi connectivity index (χ0) is 12.3. The minimum atomic E-state index is -2.24. The van der Waals surface area contributed by atoms with Gasteiger partial charge in [0.2, 0.25) is 0 Å². The summed E-state index contributed by atoms with van der Waals surface area (Å²) in [4.78, 5) is 1.92. The lowest BCUT2D eigenvalue weighted by Gasteiger charge is -2.47. The maximum atomic E-state index is 12.5. The molecule has 96 valence electrons. The molecular formula is C12H24F2N2. The van der Waals surface area contributed by atoms with Gasteiger partial charge >= 0.3 is 0 Å². The highest BCUT2D eigenvalue weighted by molar-refractivity contribution is 4.94. The molecule has 0 aliphatic carbocycles. The van der Waals surface area contributed by atoms with Crippen molar-refractivity contribution in [3.8, 4) is 0 Å². The average Bonchev–Trinajstić information content (AvgIpc) is 2.19. The van der Waals surface area contributed by atoms with Gasteiger partial charge in [0, 0.05) is 24.7 Å². The molecule has 1 heterocycles. The average molecular weight is 234 g/mol. The Morgan fingerprint density at radius 2 is 2.06 bits per heavy atom. The number of alkyl halides is 2. The summed E-state index contributed by atoms with van der Waals surface area (Å²) < 4.78 is 25.0. The topological polar surface area (TPSA) is 15.3 Å². The van der Waals surface area contributed by atoms with E-state index in [-0.39, 0.29) is 12.1 Å². The van der Waals surface area contributed by atoms with Crippen LogP contribution in [0.5, 0.6) is 0 Å². The monoisotopic (exact) mass is 234 g/mol. The molecule has 0 aromatic heterocycles. The Bertz CT molecular complexity index is 219. The lowest BCUT2D eigenvalue weighted by atomic mass is 9.91. The molecule has 2 nitrogen and oxygen atoms in total. The summed E-state index contributed by atoms with van der Waals surface area (Å²) in [7, 11) is 0. The molecule has 0 aromatic rings. The summed E-state index contributed by atoms with van der Waals surface area (Å²) in [6, 6.07) is 0.344. The van der Waals surface area contributed by atoms with Crippen LogP contribution in [0.3, 0.4) is 0 Å². The van der Waals surface area contributed by atoms with Gasteiger partial charge in [-0.3, -0.25) is 4.90 Å². The third-order valence-corrected chi connectivity index (χ3v) is 3.76. The fourth-order valence-electron chi connectivity index (χ4n) is 2.20. The quantitative estimate of drug-likeness (QED) is 0.803. The zero-order valence-corrected chi connectivity index (χ0v) is 10.8. The van der Waals surface area contributed by atoms with E-state index in [1.165, 1.54) is 0 Å². The van der Waals surface area contributed by atoms with Gasteiger partial charge in [0.25, 0.3) is 6.43 Å². The molecule has 1 fully saturated rings. The van der Waals surface area contributed by atoms with Crippen LogP contribution in [0.1, 0.15) is 34.1 Å². The van der Waals surface area contributed by atoms with E-state index in [0.29, 0.717) is 12.0 Å². The first-order valence-corrected chi connectivity index (χ1v) is 6.13. The van der Waals surface area contributed by atoms with Crippen molar-refractivity contribution in [2.24, 2.45) is 5.92 Å². The van der Waals surface area contributed by atoms with Crippen LogP contribution < -0.4 is 5.32 Å². The third-order valence-electron chi connectivity index (χ3n) is 3.76. The van der Waals surface area contributed by atoms with Gasteiger partial charge in [0.15, 0.2) is 0 Å². The van der Waals surface area contributed by atoms with Crippen LogP contribution in [0.4, 0.5) is 8.78 Å². The van der Waals surface area contributed by atoms with E-state index in [4.69, 9.17) is 0 Å².